The van der Waals surface area contributed by atoms with Gasteiger partial charge in [0.1, 0.15) is 30.2 Å². The molecule has 28 heavy (non-hydrogen) atoms. The van der Waals surface area contributed by atoms with E-state index in [1.54, 1.807) is 24.4 Å². The van der Waals surface area contributed by atoms with Crippen LogP contribution in [0.3, 0.4) is 0 Å². The number of hydrogen-bond donors (Lipinski definition) is 4. The van der Waals surface area contributed by atoms with Crippen LogP contribution in [0.15, 0.2) is 54.7 Å². The third kappa shape index (κ3) is 3.37. The quantitative estimate of drug-likeness (QED) is 0.524. The molecule has 7 nitrogen and oxygen atoms in total. The van der Waals surface area contributed by atoms with Gasteiger partial charge < -0.3 is 34.5 Å². The van der Waals surface area contributed by atoms with E-state index in [0.717, 1.165) is 16.6 Å². The van der Waals surface area contributed by atoms with Crippen molar-refractivity contribution in [1.82, 2.24) is 4.57 Å². The van der Waals surface area contributed by atoms with Crippen LogP contribution >= 0.6 is 11.6 Å². The number of halogens is 1. The molecule has 0 spiro atoms. The van der Waals surface area contributed by atoms with Crippen LogP contribution in [0.1, 0.15) is 0 Å². The van der Waals surface area contributed by atoms with E-state index < -0.39 is 37.3 Å². The van der Waals surface area contributed by atoms with Crippen LogP contribution in [-0.2, 0) is 4.74 Å². The number of ether oxygens (including phenoxy) is 2. The Morgan fingerprint density at radius 2 is 1.75 bits per heavy atom. The Hall–Kier alpha value is -2.13. The third-order valence-electron chi connectivity index (χ3n) is 4.86. The molecule has 1 aromatic heterocycles. The molecule has 0 saturated carbocycles. The van der Waals surface area contributed by atoms with Crippen molar-refractivity contribution in [3.05, 3.63) is 59.8 Å². The van der Waals surface area contributed by atoms with Gasteiger partial charge in [-0.2, -0.15) is 0 Å². The highest BCUT2D eigenvalue weighted by Crippen LogP contribution is 2.34. The zero-order valence-corrected chi connectivity index (χ0v) is 15.5. The highest BCUT2D eigenvalue weighted by Gasteiger charge is 2.45. The summed E-state index contributed by atoms with van der Waals surface area (Å²) in [7, 11) is 0. The van der Waals surface area contributed by atoms with Gasteiger partial charge in [-0.3, -0.25) is 0 Å². The van der Waals surface area contributed by atoms with Gasteiger partial charge >= 0.3 is 0 Å². The number of rotatable bonds is 4. The van der Waals surface area contributed by atoms with Gasteiger partial charge in [-0.15, -0.1) is 0 Å². The van der Waals surface area contributed by atoms with E-state index in [-0.39, 0.29) is 0 Å². The van der Waals surface area contributed by atoms with Gasteiger partial charge in [0.2, 0.25) is 6.29 Å². The van der Waals surface area contributed by atoms with Gasteiger partial charge in [-0.05, 0) is 30.3 Å². The molecule has 1 aliphatic heterocycles. The number of aliphatic hydroxyl groups excluding tert-OH is 4. The SMILES string of the molecule is OC[C@H]1O[C@@H](Oc2cn(-c3ccccc3)c3cc(Cl)ccc23)[C@H](O)[C@@H](O)[C@H]1O. The van der Waals surface area contributed by atoms with Gasteiger partial charge in [0.05, 0.1) is 18.3 Å². The first kappa shape index (κ1) is 19.2. The lowest BCUT2D eigenvalue weighted by atomic mass is 9.99. The second-order valence-electron chi connectivity index (χ2n) is 6.68. The fraction of sp³-hybridized carbons (Fsp3) is 0.300. The van der Waals surface area contributed by atoms with Crippen LogP contribution in [0.4, 0.5) is 0 Å². The summed E-state index contributed by atoms with van der Waals surface area (Å²) in [6.45, 7) is -0.522. The summed E-state index contributed by atoms with van der Waals surface area (Å²) in [4.78, 5) is 0. The van der Waals surface area contributed by atoms with E-state index in [2.05, 4.69) is 0 Å². The standard InChI is InChI=1S/C20H20ClNO6/c21-11-6-7-13-14(8-11)22(12-4-2-1-3-5-12)9-15(13)27-20-19(26)18(25)17(24)16(10-23)28-20/h1-9,16-20,23-26H,10H2/t16-,17+,18+,19-,20-/m1/s1. The van der Waals surface area contributed by atoms with Crippen molar-refractivity contribution in [2.24, 2.45) is 0 Å². The van der Waals surface area contributed by atoms with Crippen LogP contribution in [-0.4, -0.2) is 62.3 Å². The second-order valence-corrected chi connectivity index (χ2v) is 7.11. The average Bonchev–Trinajstić information content (AvgIpc) is 3.06. The Balaban J connectivity index is 1.73. The van der Waals surface area contributed by atoms with E-state index in [9.17, 15) is 20.4 Å². The number of benzene rings is 2. The van der Waals surface area contributed by atoms with E-state index in [0.29, 0.717) is 10.8 Å². The van der Waals surface area contributed by atoms with Crippen molar-refractivity contribution in [3.8, 4) is 11.4 Å². The molecule has 148 valence electrons. The number of aliphatic hydroxyl groups is 4. The molecule has 4 N–H and O–H groups in total. The maximum absolute atomic E-state index is 10.3. The lowest BCUT2D eigenvalue weighted by Gasteiger charge is -2.39. The van der Waals surface area contributed by atoms with Crippen molar-refractivity contribution < 1.29 is 29.9 Å². The van der Waals surface area contributed by atoms with E-state index >= 15 is 0 Å². The molecule has 1 aliphatic rings. The summed E-state index contributed by atoms with van der Waals surface area (Å²) in [6.07, 6.45) is -5.00. The fourth-order valence-corrected chi connectivity index (χ4v) is 3.52. The molecule has 0 unspecified atom stereocenters. The Morgan fingerprint density at radius 1 is 1.00 bits per heavy atom. The molecule has 1 saturated heterocycles. The molecule has 5 atom stereocenters. The molecule has 0 radical (unpaired) electrons. The van der Waals surface area contributed by atoms with Crippen LogP contribution in [0.2, 0.25) is 5.02 Å². The van der Waals surface area contributed by atoms with Gasteiger partial charge in [-0.1, -0.05) is 29.8 Å². The van der Waals surface area contributed by atoms with E-state index in [4.69, 9.17) is 21.1 Å². The van der Waals surface area contributed by atoms with E-state index in [1.807, 2.05) is 34.9 Å². The van der Waals surface area contributed by atoms with Crippen molar-refractivity contribution in [2.45, 2.75) is 30.7 Å². The normalized spacial score (nSPS) is 27.8. The van der Waals surface area contributed by atoms with Crippen LogP contribution < -0.4 is 4.74 Å². The molecular weight excluding hydrogens is 386 g/mol. The van der Waals surface area contributed by atoms with Gasteiger partial charge in [0.25, 0.3) is 0 Å². The van der Waals surface area contributed by atoms with Crippen molar-refractivity contribution in [3.63, 3.8) is 0 Å². The topological polar surface area (TPSA) is 104 Å². The number of para-hydroxylation sites is 1. The minimum Gasteiger partial charge on any atom is -0.460 e. The van der Waals surface area contributed by atoms with Crippen molar-refractivity contribution in [1.29, 1.82) is 0 Å². The van der Waals surface area contributed by atoms with Gasteiger partial charge in [-0.25, -0.2) is 0 Å². The number of hydrogen-bond acceptors (Lipinski definition) is 6. The molecular formula is C20H20ClNO6. The monoisotopic (exact) mass is 405 g/mol. The first-order valence-electron chi connectivity index (χ1n) is 8.83. The summed E-state index contributed by atoms with van der Waals surface area (Å²) in [5.74, 6) is 0.403. The Bertz CT molecular complexity index is 960. The molecule has 0 aliphatic carbocycles. The number of fused-ring (bicyclic) bond motifs is 1. The Labute approximate surface area is 165 Å². The van der Waals surface area contributed by atoms with Crippen LogP contribution in [0, 0.1) is 0 Å². The second kappa shape index (κ2) is 7.71. The highest BCUT2D eigenvalue weighted by atomic mass is 35.5. The Kier molecular flexibility index (Phi) is 5.29. The summed E-state index contributed by atoms with van der Waals surface area (Å²) >= 11 is 6.17. The average molecular weight is 406 g/mol. The number of aromatic nitrogens is 1. The largest absolute Gasteiger partial charge is 0.460 e. The maximum atomic E-state index is 10.3. The first-order chi connectivity index (χ1) is 13.5. The number of nitrogens with zero attached hydrogens (tertiary/aromatic N) is 1. The molecule has 0 bridgehead atoms. The molecule has 2 aromatic carbocycles. The fourth-order valence-electron chi connectivity index (χ4n) is 3.35. The zero-order valence-electron chi connectivity index (χ0n) is 14.7. The summed E-state index contributed by atoms with van der Waals surface area (Å²) in [6, 6.07) is 14.9. The van der Waals surface area contributed by atoms with Gasteiger partial charge in [0.15, 0.2) is 0 Å². The smallest absolute Gasteiger partial charge is 0.229 e. The predicted molar refractivity (Wildman–Crippen MR) is 103 cm³/mol. The van der Waals surface area contributed by atoms with Gasteiger partial charge in [0, 0.05) is 16.1 Å². The lowest BCUT2D eigenvalue weighted by molar-refractivity contribution is -0.277. The molecule has 3 aromatic rings. The van der Waals surface area contributed by atoms with Crippen molar-refractivity contribution in [2.75, 3.05) is 6.61 Å². The first-order valence-corrected chi connectivity index (χ1v) is 9.20. The molecule has 8 heteroatoms. The van der Waals surface area contributed by atoms with E-state index in [1.165, 1.54) is 0 Å². The molecule has 1 fully saturated rings. The summed E-state index contributed by atoms with van der Waals surface area (Å²) in [5.41, 5.74) is 1.68. The molecule has 2 heterocycles. The zero-order chi connectivity index (χ0) is 19.8. The lowest BCUT2D eigenvalue weighted by Crippen LogP contribution is -2.60. The predicted octanol–water partition coefficient (Wildman–Crippen LogP) is 1.46. The highest BCUT2D eigenvalue weighted by molar-refractivity contribution is 6.31. The van der Waals surface area contributed by atoms with Crippen LogP contribution in [0.5, 0.6) is 5.75 Å². The third-order valence-corrected chi connectivity index (χ3v) is 5.09. The summed E-state index contributed by atoms with van der Waals surface area (Å²) < 4.78 is 13.2. The van der Waals surface area contributed by atoms with Crippen molar-refractivity contribution >= 4 is 22.5 Å². The molecule has 0 amide bonds. The summed E-state index contributed by atoms with van der Waals surface area (Å²) in [5, 5.41) is 40.8. The minimum absolute atomic E-state index is 0.403. The minimum atomic E-state index is -1.51. The maximum Gasteiger partial charge on any atom is 0.229 e. The van der Waals surface area contributed by atoms with Crippen LogP contribution in [0.25, 0.3) is 16.6 Å². The Morgan fingerprint density at radius 3 is 2.46 bits per heavy atom. The molecule has 4 rings (SSSR count).